The third-order valence-electron chi connectivity index (χ3n) is 2.57. The van der Waals surface area contributed by atoms with E-state index in [1.807, 2.05) is 19.9 Å². The zero-order chi connectivity index (χ0) is 15.0. The van der Waals surface area contributed by atoms with Crippen LogP contribution in [0.2, 0.25) is 0 Å². The number of hydrogen-bond acceptors (Lipinski definition) is 2. The SMILES string of the molecule is CCNC(=NCc1ccc(Br)cc1F)NC(C)COC.I. The zero-order valence-corrected chi connectivity index (χ0v) is 16.4. The molecular formula is C14H22BrFIN3O. The molecule has 120 valence electrons. The number of hydrogen-bond donors (Lipinski definition) is 2. The minimum atomic E-state index is -0.260. The van der Waals surface area contributed by atoms with Gasteiger partial charge < -0.3 is 15.4 Å². The molecule has 21 heavy (non-hydrogen) atoms. The first-order valence-corrected chi connectivity index (χ1v) is 7.33. The fourth-order valence-electron chi connectivity index (χ4n) is 1.66. The number of nitrogens with one attached hydrogen (secondary N) is 2. The highest BCUT2D eigenvalue weighted by molar-refractivity contribution is 14.0. The molecule has 0 amide bonds. The van der Waals surface area contributed by atoms with E-state index in [0.29, 0.717) is 18.1 Å². The molecule has 0 aromatic heterocycles. The number of rotatable bonds is 6. The number of halogens is 3. The van der Waals surface area contributed by atoms with Crippen LogP contribution in [0.4, 0.5) is 4.39 Å². The van der Waals surface area contributed by atoms with Crippen molar-refractivity contribution in [2.24, 2.45) is 4.99 Å². The van der Waals surface area contributed by atoms with E-state index < -0.39 is 0 Å². The van der Waals surface area contributed by atoms with Crippen LogP contribution in [0, 0.1) is 5.82 Å². The van der Waals surface area contributed by atoms with Crippen LogP contribution >= 0.6 is 39.9 Å². The second-order valence-electron chi connectivity index (χ2n) is 4.43. The Labute approximate surface area is 151 Å². The van der Waals surface area contributed by atoms with Gasteiger partial charge in [0, 0.05) is 29.7 Å². The molecule has 0 saturated heterocycles. The van der Waals surface area contributed by atoms with E-state index in [1.54, 1.807) is 13.2 Å². The maximum atomic E-state index is 13.7. The van der Waals surface area contributed by atoms with Crippen molar-refractivity contribution in [2.75, 3.05) is 20.3 Å². The van der Waals surface area contributed by atoms with E-state index in [-0.39, 0.29) is 42.4 Å². The van der Waals surface area contributed by atoms with E-state index in [9.17, 15) is 4.39 Å². The van der Waals surface area contributed by atoms with E-state index in [2.05, 4.69) is 31.6 Å². The van der Waals surface area contributed by atoms with Gasteiger partial charge in [0.25, 0.3) is 0 Å². The van der Waals surface area contributed by atoms with Crippen LogP contribution in [0.5, 0.6) is 0 Å². The molecule has 1 atom stereocenters. The van der Waals surface area contributed by atoms with Crippen LogP contribution in [0.3, 0.4) is 0 Å². The standard InChI is InChI=1S/C14H21BrFN3O.HI/c1-4-17-14(19-10(2)9-20-3)18-8-11-5-6-12(15)7-13(11)16;/h5-7,10H,4,8-9H2,1-3H3,(H2,17,18,19);1H. The van der Waals surface area contributed by atoms with Crippen LogP contribution in [0.1, 0.15) is 19.4 Å². The second-order valence-corrected chi connectivity index (χ2v) is 5.35. The predicted molar refractivity (Wildman–Crippen MR) is 98.8 cm³/mol. The third-order valence-corrected chi connectivity index (χ3v) is 3.06. The van der Waals surface area contributed by atoms with Crippen LogP contribution in [0.25, 0.3) is 0 Å². The van der Waals surface area contributed by atoms with Crippen molar-refractivity contribution in [1.82, 2.24) is 10.6 Å². The summed E-state index contributed by atoms with van der Waals surface area (Å²) in [4.78, 5) is 4.38. The van der Waals surface area contributed by atoms with E-state index >= 15 is 0 Å². The summed E-state index contributed by atoms with van der Waals surface area (Å²) in [7, 11) is 1.65. The van der Waals surface area contributed by atoms with Gasteiger partial charge in [-0.25, -0.2) is 9.38 Å². The molecule has 0 fully saturated rings. The molecular weight excluding hydrogens is 452 g/mol. The largest absolute Gasteiger partial charge is 0.383 e. The molecule has 0 radical (unpaired) electrons. The average molecular weight is 474 g/mol. The number of benzene rings is 1. The molecule has 0 heterocycles. The Morgan fingerprint density at radius 2 is 2.19 bits per heavy atom. The van der Waals surface area contributed by atoms with Gasteiger partial charge in [0.05, 0.1) is 13.2 Å². The Balaban J connectivity index is 0.00000400. The Bertz CT molecular complexity index is 460. The van der Waals surface area contributed by atoms with Crippen molar-refractivity contribution in [3.8, 4) is 0 Å². The van der Waals surface area contributed by atoms with Gasteiger partial charge in [0.1, 0.15) is 5.82 Å². The summed E-state index contributed by atoms with van der Waals surface area (Å²) in [5, 5.41) is 6.33. The molecule has 0 aliphatic rings. The van der Waals surface area contributed by atoms with Crippen LogP contribution in [0.15, 0.2) is 27.7 Å². The van der Waals surface area contributed by atoms with Crippen molar-refractivity contribution in [3.63, 3.8) is 0 Å². The summed E-state index contributed by atoms with van der Waals surface area (Å²) in [6.07, 6.45) is 0. The minimum Gasteiger partial charge on any atom is -0.383 e. The molecule has 0 spiro atoms. The lowest BCUT2D eigenvalue weighted by Gasteiger charge is -2.17. The molecule has 1 aromatic rings. The fourth-order valence-corrected chi connectivity index (χ4v) is 1.99. The van der Waals surface area contributed by atoms with Gasteiger partial charge in [-0.15, -0.1) is 24.0 Å². The summed E-state index contributed by atoms with van der Waals surface area (Å²) in [5.74, 6) is 0.392. The Kier molecular flexibility index (Phi) is 11.0. The smallest absolute Gasteiger partial charge is 0.191 e. The highest BCUT2D eigenvalue weighted by Gasteiger charge is 2.06. The number of aliphatic imine (C=N–C) groups is 1. The van der Waals surface area contributed by atoms with Crippen LogP contribution in [-0.2, 0) is 11.3 Å². The van der Waals surface area contributed by atoms with Crippen molar-refractivity contribution >= 4 is 45.9 Å². The summed E-state index contributed by atoms with van der Waals surface area (Å²) in [5.41, 5.74) is 0.560. The molecule has 7 heteroatoms. The maximum absolute atomic E-state index is 13.7. The average Bonchev–Trinajstić information content (AvgIpc) is 2.38. The summed E-state index contributed by atoms with van der Waals surface area (Å²) in [6.45, 7) is 5.59. The molecule has 1 rings (SSSR count). The molecule has 2 N–H and O–H groups in total. The minimum absolute atomic E-state index is 0. The first-order chi connectivity index (χ1) is 9.56. The molecule has 1 unspecified atom stereocenters. The van der Waals surface area contributed by atoms with Crippen LogP contribution in [-0.4, -0.2) is 32.3 Å². The molecule has 0 aliphatic carbocycles. The molecule has 1 aromatic carbocycles. The third kappa shape index (κ3) is 7.96. The highest BCUT2D eigenvalue weighted by Crippen LogP contribution is 2.15. The van der Waals surface area contributed by atoms with Crippen molar-refractivity contribution < 1.29 is 9.13 Å². The van der Waals surface area contributed by atoms with Gasteiger partial charge in [0.2, 0.25) is 0 Å². The number of guanidine groups is 1. The topological polar surface area (TPSA) is 45.7 Å². The van der Waals surface area contributed by atoms with E-state index in [1.165, 1.54) is 6.07 Å². The predicted octanol–water partition coefficient (Wildman–Crippen LogP) is 3.30. The second kappa shape index (κ2) is 11.2. The lowest BCUT2D eigenvalue weighted by Crippen LogP contribution is -2.43. The number of methoxy groups -OCH3 is 1. The molecule has 0 aliphatic heterocycles. The van der Waals surface area contributed by atoms with Crippen molar-refractivity contribution in [1.29, 1.82) is 0 Å². The van der Waals surface area contributed by atoms with E-state index in [4.69, 9.17) is 4.74 Å². The monoisotopic (exact) mass is 473 g/mol. The number of ether oxygens (including phenoxy) is 1. The Hall–Kier alpha value is -0.410. The quantitative estimate of drug-likeness (QED) is 0.378. The first-order valence-electron chi connectivity index (χ1n) is 6.54. The number of nitrogens with zero attached hydrogens (tertiary/aromatic N) is 1. The van der Waals surface area contributed by atoms with Gasteiger partial charge >= 0.3 is 0 Å². The Morgan fingerprint density at radius 1 is 1.48 bits per heavy atom. The lowest BCUT2D eigenvalue weighted by molar-refractivity contribution is 0.179. The summed E-state index contributed by atoms with van der Waals surface area (Å²) >= 11 is 3.24. The molecule has 4 nitrogen and oxygen atoms in total. The fraction of sp³-hybridized carbons (Fsp3) is 0.500. The van der Waals surface area contributed by atoms with Gasteiger partial charge in [-0.1, -0.05) is 22.0 Å². The molecule has 0 bridgehead atoms. The van der Waals surface area contributed by atoms with Crippen molar-refractivity contribution in [3.05, 3.63) is 34.1 Å². The van der Waals surface area contributed by atoms with Crippen molar-refractivity contribution in [2.45, 2.75) is 26.4 Å². The first kappa shape index (κ1) is 20.6. The maximum Gasteiger partial charge on any atom is 0.191 e. The van der Waals surface area contributed by atoms with Gasteiger partial charge in [-0.3, -0.25) is 0 Å². The summed E-state index contributed by atoms with van der Waals surface area (Å²) < 4.78 is 19.5. The summed E-state index contributed by atoms with van der Waals surface area (Å²) in [6, 6.07) is 5.11. The lowest BCUT2D eigenvalue weighted by atomic mass is 10.2. The highest BCUT2D eigenvalue weighted by atomic mass is 127. The van der Waals surface area contributed by atoms with Crippen LogP contribution < -0.4 is 10.6 Å². The van der Waals surface area contributed by atoms with Gasteiger partial charge in [0.15, 0.2) is 5.96 Å². The Morgan fingerprint density at radius 3 is 2.76 bits per heavy atom. The van der Waals surface area contributed by atoms with Gasteiger partial charge in [-0.2, -0.15) is 0 Å². The van der Waals surface area contributed by atoms with Gasteiger partial charge in [-0.05, 0) is 26.0 Å². The normalized spacial score (nSPS) is 12.5. The molecule has 0 saturated carbocycles. The van der Waals surface area contributed by atoms with E-state index in [0.717, 1.165) is 11.0 Å². The zero-order valence-electron chi connectivity index (χ0n) is 12.5.